The second-order valence-electron chi connectivity index (χ2n) is 4.57. The van der Waals surface area contributed by atoms with Gasteiger partial charge in [-0.05, 0) is 37.6 Å². The van der Waals surface area contributed by atoms with E-state index in [4.69, 9.17) is 26.8 Å². The van der Waals surface area contributed by atoms with Crippen LogP contribution in [0.15, 0.2) is 24.3 Å². The summed E-state index contributed by atoms with van der Waals surface area (Å²) in [4.78, 5) is 0. The molecule has 2 rings (SSSR count). The lowest BCUT2D eigenvalue weighted by Gasteiger charge is -2.23. The zero-order valence-corrected chi connectivity index (χ0v) is 10.7. The Morgan fingerprint density at radius 2 is 2.12 bits per heavy atom. The number of benzene rings is 1. The SMILES string of the molecule is CC1(Cc2ccc(Cl)cc2)OCC(CCN)O1. The fraction of sp³-hybridized carbons (Fsp3) is 0.538. The molecule has 94 valence electrons. The molecule has 2 N–H and O–H groups in total. The number of nitrogens with two attached hydrogens (primary N) is 1. The maximum atomic E-state index is 5.89. The molecule has 1 saturated heterocycles. The zero-order chi connectivity index (χ0) is 12.3. The van der Waals surface area contributed by atoms with Gasteiger partial charge in [-0.3, -0.25) is 0 Å². The normalized spacial score (nSPS) is 28.5. The highest BCUT2D eigenvalue weighted by atomic mass is 35.5. The molecule has 0 bridgehead atoms. The Labute approximate surface area is 107 Å². The molecule has 2 atom stereocenters. The number of ether oxygens (including phenoxy) is 2. The number of halogens is 1. The van der Waals surface area contributed by atoms with Gasteiger partial charge in [-0.15, -0.1) is 0 Å². The highest BCUT2D eigenvalue weighted by Crippen LogP contribution is 2.28. The average molecular weight is 256 g/mol. The van der Waals surface area contributed by atoms with Crippen LogP contribution in [0.25, 0.3) is 0 Å². The molecular weight excluding hydrogens is 238 g/mol. The maximum absolute atomic E-state index is 5.89. The highest BCUT2D eigenvalue weighted by Gasteiger charge is 2.36. The number of hydrogen-bond donors (Lipinski definition) is 1. The van der Waals surface area contributed by atoms with Crippen molar-refractivity contribution < 1.29 is 9.47 Å². The number of hydrogen-bond acceptors (Lipinski definition) is 3. The fourth-order valence-corrected chi connectivity index (χ4v) is 2.21. The van der Waals surface area contributed by atoms with Gasteiger partial charge in [-0.1, -0.05) is 23.7 Å². The van der Waals surface area contributed by atoms with Crippen molar-refractivity contribution in [3.05, 3.63) is 34.9 Å². The summed E-state index contributed by atoms with van der Waals surface area (Å²) in [5.74, 6) is -0.534. The smallest absolute Gasteiger partial charge is 0.170 e. The van der Waals surface area contributed by atoms with Crippen molar-refractivity contribution in [2.24, 2.45) is 5.73 Å². The first-order chi connectivity index (χ1) is 8.11. The minimum absolute atomic E-state index is 0.123. The summed E-state index contributed by atoms with van der Waals surface area (Å²) >= 11 is 5.85. The van der Waals surface area contributed by atoms with E-state index in [-0.39, 0.29) is 6.10 Å². The lowest BCUT2D eigenvalue weighted by Crippen LogP contribution is -2.30. The van der Waals surface area contributed by atoms with Crippen molar-refractivity contribution in [2.75, 3.05) is 13.2 Å². The molecule has 1 fully saturated rings. The largest absolute Gasteiger partial charge is 0.347 e. The van der Waals surface area contributed by atoms with E-state index in [9.17, 15) is 0 Å². The molecule has 4 heteroatoms. The molecule has 0 spiro atoms. The lowest BCUT2D eigenvalue weighted by atomic mass is 10.1. The molecule has 17 heavy (non-hydrogen) atoms. The molecule has 0 aromatic heterocycles. The monoisotopic (exact) mass is 255 g/mol. The molecule has 1 aromatic rings. The topological polar surface area (TPSA) is 44.5 Å². The van der Waals surface area contributed by atoms with Gasteiger partial charge in [0, 0.05) is 11.4 Å². The van der Waals surface area contributed by atoms with E-state index in [0.717, 1.165) is 23.4 Å². The van der Waals surface area contributed by atoms with Gasteiger partial charge in [0.15, 0.2) is 5.79 Å². The van der Waals surface area contributed by atoms with Gasteiger partial charge in [0.25, 0.3) is 0 Å². The second kappa shape index (κ2) is 5.36. The van der Waals surface area contributed by atoms with Crippen LogP contribution in [0.4, 0.5) is 0 Å². The summed E-state index contributed by atoms with van der Waals surface area (Å²) in [5, 5.41) is 0.744. The predicted molar refractivity (Wildman–Crippen MR) is 68.1 cm³/mol. The van der Waals surface area contributed by atoms with Crippen molar-refractivity contribution >= 4 is 11.6 Å². The molecule has 1 heterocycles. The Balaban J connectivity index is 1.96. The first-order valence-corrected chi connectivity index (χ1v) is 6.25. The van der Waals surface area contributed by atoms with Gasteiger partial charge in [-0.2, -0.15) is 0 Å². The van der Waals surface area contributed by atoms with Crippen LogP contribution in [-0.4, -0.2) is 25.0 Å². The molecule has 2 unspecified atom stereocenters. The molecule has 1 aliphatic heterocycles. The second-order valence-corrected chi connectivity index (χ2v) is 5.00. The standard InChI is InChI=1S/C13H18ClNO2/c1-13(16-9-12(17-13)6-7-15)8-10-2-4-11(14)5-3-10/h2-5,12H,6-9,15H2,1H3. The van der Waals surface area contributed by atoms with Gasteiger partial charge in [0.05, 0.1) is 12.7 Å². The van der Waals surface area contributed by atoms with Crippen molar-refractivity contribution in [3.8, 4) is 0 Å². The van der Waals surface area contributed by atoms with Crippen molar-refractivity contribution in [1.82, 2.24) is 0 Å². The van der Waals surface area contributed by atoms with Gasteiger partial charge in [0.1, 0.15) is 0 Å². The third-order valence-electron chi connectivity index (χ3n) is 2.92. The van der Waals surface area contributed by atoms with Crippen LogP contribution in [0, 0.1) is 0 Å². The van der Waals surface area contributed by atoms with Crippen molar-refractivity contribution in [2.45, 2.75) is 31.7 Å². The average Bonchev–Trinajstić information content (AvgIpc) is 2.64. The third kappa shape index (κ3) is 3.42. The fourth-order valence-electron chi connectivity index (χ4n) is 2.08. The van der Waals surface area contributed by atoms with Crippen LogP contribution in [0.5, 0.6) is 0 Å². The molecular formula is C13H18ClNO2. The minimum Gasteiger partial charge on any atom is -0.347 e. The zero-order valence-electron chi connectivity index (χ0n) is 9.99. The van der Waals surface area contributed by atoms with E-state index in [1.165, 1.54) is 0 Å². The molecule has 0 radical (unpaired) electrons. The van der Waals surface area contributed by atoms with Gasteiger partial charge in [0.2, 0.25) is 0 Å². The Morgan fingerprint density at radius 1 is 1.41 bits per heavy atom. The van der Waals surface area contributed by atoms with E-state index in [1.807, 2.05) is 31.2 Å². The van der Waals surface area contributed by atoms with Gasteiger partial charge >= 0.3 is 0 Å². The van der Waals surface area contributed by atoms with Crippen LogP contribution < -0.4 is 5.73 Å². The lowest BCUT2D eigenvalue weighted by molar-refractivity contribution is -0.152. The highest BCUT2D eigenvalue weighted by molar-refractivity contribution is 6.30. The van der Waals surface area contributed by atoms with Gasteiger partial charge in [-0.25, -0.2) is 0 Å². The molecule has 0 amide bonds. The Bertz CT molecular complexity index is 368. The van der Waals surface area contributed by atoms with E-state index in [1.54, 1.807) is 0 Å². The summed E-state index contributed by atoms with van der Waals surface area (Å²) in [6.45, 7) is 3.23. The van der Waals surface area contributed by atoms with Crippen LogP contribution in [0.2, 0.25) is 5.02 Å². The molecule has 3 nitrogen and oxygen atoms in total. The maximum Gasteiger partial charge on any atom is 0.170 e. The van der Waals surface area contributed by atoms with Gasteiger partial charge < -0.3 is 15.2 Å². The van der Waals surface area contributed by atoms with E-state index in [0.29, 0.717) is 13.2 Å². The van der Waals surface area contributed by atoms with Crippen molar-refractivity contribution in [3.63, 3.8) is 0 Å². The van der Waals surface area contributed by atoms with Crippen LogP contribution in [-0.2, 0) is 15.9 Å². The molecule has 0 saturated carbocycles. The van der Waals surface area contributed by atoms with E-state index in [2.05, 4.69) is 0 Å². The van der Waals surface area contributed by atoms with Crippen LogP contribution in [0.3, 0.4) is 0 Å². The van der Waals surface area contributed by atoms with Crippen LogP contribution in [0.1, 0.15) is 18.9 Å². The summed E-state index contributed by atoms with van der Waals surface area (Å²) in [5.41, 5.74) is 6.67. The Kier molecular flexibility index (Phi) is 4.05. The summed E-state index contributed by atoms with van der Waals surface area (Å²) in [7, 11) is 0. The first kappa shape index (κ1) is 12.8. The van der Waals surface area contributed by atoms with E-state index >= 15 is 0 Å². The summed E-state index contributed by atoms with van der Waals surface area (Å²) in [6.07, 6.45) is 1.69. The molecule has 1 aliphatic rings. The van der Waals surface area contributed by atoms with Crippen LogP contribution >= 0.6 is 11.6 Å². The van der Waals surface area contributed by atoms with Crippen molar-refractivity contribution in [1.29, 1.82) is 0 Å². The minimum atomic E-state index is -0.534. The molecule has 1 aromatic carbocycles. The Morgan fingerprint density at radius 3 is 2.76 bits per heavy atom. The summed E-state index contributed by atoms with van der Waals surface area (Å²) in [6, 6.07) is 7.76. The van der Waals surface area contributed by atoms with E-state index < -0.39 is 5.79 Å². The quantitative estimate of drug-likeness (QED) is 0.898. The predicted octanol–water partition coefficient (Wildman–Crippen LogP) is 2.36. The number of rotatable bonds is 4. The third-order valence-corrected chi connectivity index (χ3v) is 3.17. The molecule has 0 aliphatic carbocycles. The Hall–Kier alpha value is -0.610. The first-order valence-electron chi connectivity index (χ1n) is 5.87. The summed E-state index contributed by atoms with van der Waals surface area (Å²) < 4.78 is 11.6.